The fourth-order valence-corrected chi connectivity index (χ4v) is 1.75. The average Bonchev–Trinajstić information content (AvgIpc) is 3.19. The van der Waals surface area contributed by atoms with Gasteiger partial charge < -0.3 is 15.0 Å². The summed E-state index contributed by atoms with van der Waals surface area (Å²) >= 11 is 0. The number of nitrogens with zero attached hydrogens (tertiary/aromatic N) is 4. The highest BCUT2D eigenvalue weighted by molar-refractivity contribution is 5.41. The van der Waals surface area contributed by atoms with Gasteiger partial charge in [-0.1, -0.05) is 0 Å². The molecule has 0 bridgehead atoms. The first kappa shape index (κ1) is 14.6. The summed E-state index contributed by atoms with van der Waals surface area (Å²) in [7, 11) is 1.36. The Morgan fingerprint density at radius 3 is 2.50 bits per heavy atom. The maximum atomic E-state index is 12.7. The number of hydrogen-bond acceptors (Lipinski definition) is 6. The van der Waals surface area contributed by atoms with E-state index >= 15 is 0 Å². The minimum absolute atomic E-state index is 0.00113. The Bertz CT molecular complexity index is 464. The highest BCUT2D eigenvalue weighted by Gasteiger charge is 2.39. The van der Waals surface area contributed by atoms with Crippen LogP contribution >= 0.6 is 0 Å². The van der Waals surface area contributed by atoms with E-state index in [9.17, 15) is 13.2 Å². The molecule has 0 aromatic carbocycles. The lowest BCUT2D eigenvalue weighted by Gasteiger charge is -2.24. The second-order valence-corrected chi connectivity index (χ2v) is 4.45. The van der Waals surface area contributed by atoms with Gasteiger partial charge in [0.25, 0.3) is 0 Å². The number of rotatable bonds is 6. The van der Waals surface area contributed by atoms with E-state index in [1.165, 1.54) is 7.11 Å². The molecule has 9 heteroatoms. The van der Waals surface area contributed by atoms with Gasteiger partial charge in [0.15, 0.2) is 0 Å². The molecule has 0 saturated heterocycles. The number of hydrogen-bond donors (Lipinski definition) is 1. The predicted octanol–water partition coefficient (Wildman–Crippen LogP) is 1.84. The lowest BCUT2D eigenvalue weighted by molar-refractivity contribution is -0.120. The molecule has 1 aliphatic rings. The molecular formula is C11H16F3N5O. The van der Waals surface area contributed by atoms with Crippen molar-refractivity contribution in [1.29, 1.82) is 0 Å². The fraction of sp³-hybridized carbons (Fsp3) is 0.727. The van der Waals surface area contributed by atoms with E-state index in [2.05, 4.69) is 20.3 Å². The maximum Gasteiger partial charge on any atom is 0.406 e. The molecule has 20 heavy (non-hydrogen) atoms. The van der Waals surface area contributed by atoms with Crippen molar-refractivity contribution in [3.8, 4) is 6.01 Å². The van der Waals surface area contributed by atoms with Crippen molar-refractivity contribution in [2.24, 2.45) is 0 Å². The van der Waals surface area contributed by atoms with Gasteiger partial charge in [0.05, 0.1) is 7.11 Å². The molecule has 1 N–H and O–H groups in total. The van der Waals surface area contributed by atoms with E-state index in [0.29, 0.717) is 19.4 Å². The SMILES string of the molecule is CCNc1nc(OC)nc(N(CC(F)(F)F)C2CC2)n1. The van der Waals surface area contributed by atoms with Gasteiger partial charge in [-0.25, -0.2) is 0 Å². The van der Waals surface area contributed by atoms with Crippen molar-refractivity contribution >= 4 is 11.9 Å². The Labute approximate surface area is 114 Å². The normalized spacial score (nSPS) is 15.1. The smallest absolute Gasteiger partial charge is 0.406 e. The van der Waals surface area contributed by atoms with Gasteiger partial charge in [0.2, 0.25) is 11.9 Å². The summed E-state index contributed by atoms with van der Waals surface area (Å²) in [6, 6.07) is -0.169. The number of anilines is 2. The van der Waals surface area contributed by atoms with Gasteiger partial charge in [0, 0.05) is 12.6 Å². The van der Waals surface area contributed by atoms with Gasteiger partial charge in [0.1, 0.15) is 6.54 Å². The Balaban J connectivity index is 2.29. The van der Waals surface area contributed by atoms with Crippen LogP contribution in [-0.2, 0) is 0 Å². The van der Waals surface area contributed by atoms with Gasteiger partial charge >= 0.3 is 12.2 Å². The van der Waals surface area contributed by atoms with Gasteiger partial charge in [-0.3, -0.25) is 0 Å². The highest BCUT2D eigenvalue weighted by Crippen LogP contribution is 2.33. The van der Waals surface area contributed by atoms with Gasteiger partial charge in [-0.05, 0) is 19.8 Å². The molecule has 6 nitrogen and oxygen atoms in total. The minimum Gasteiger partial charge on any atom is -0.467 e. The Hall–Kier alpha value is -1.80. The molecule has 112 valence electrons. The van der Waals surface area contributed by atoms with Gasteiger partial charge in [-0.2, -0.15) is 28.1 Å². The van der Waals surface area contributed by atoms with Crippen molar-refractivity contribution in [3.05, 3.63) is 0 Å². The van der Waals surface area contributed by atoms with Crippen LogP contribution in [0.1, 0.15) is 19.8 Å². The molecule has 1 aromatic heterocycles. The Morgan fingerprint density at radius 2 is 2.00 bits per heavy atom. The van der Waals surface area contributed by atoms with Crippen molar-refractivity contribution in [2.75, 3.05) is 30.4 Å². The number of alkyl halides is 3. The molecule has 0 unspecified atom stereocenters. The van der Waals surface area contributed by atoms with E-state index in [1.54, 1.807) is 0 Å². The first-order valence-electron chi connectivity index (χ1n) is 6.30. The zero-order valence-corrected chi connectivity index (χ0v) is 11.2. The predicted molar refractivity (Wildman–Crippen MR) is 67.0 cm³/mol. The molecule has 0 radical (unpaired) electrons. The topological polar surface area (TPSA) is 63.2 Å². The van der Waals surface area contributed by atoms with Crippen LogP contribution in [0.5, 0.6) is 6.01 Å². The largest absolute Gasteiger partial charge is 0.467 e. The third-order valence-corrected chi connectivity index (χ3v) is 2.71. The van der Waals surface area contributed by atoms with E-state index in [-0.39, 0.29) is 23.9 Å². The Kier molecular flexibility index (Phi) is 4.15. The molecule has 0 amide bonds. The molecular weight excluding hydrogens is 275 g/mol. The van der Waals surface area contributed by atoms with Crippen molar-refractivity contribution in [3.63, 3.8) is 0 Å². The van der Waals surface area contributed by atoms with Crippen molar-refractivity contribution < 1.29 is 17.9 Å². The van der Waals surface area contributed by atoms with Crippen LogP contribution in [0, 0.1) is 0 Å². The van der Waals surface area contributed by atoms with Crippen LogP contribution in [-0.4, -0.2) is 47.4 Å². The highest BCUT2D eigenvalue weighted by atomic mass is 19.4. The summed E-state index contributed by atoms with van der Waals surface area (Å²) in [5.74, 6) is 0.204. The van der Waals surface area contributed by atoms with Crippen LogP contribution in [0.2, 0.25) is 0 Å². The first-order valence-corrected chi connectivity index (χ1v) is 6.30. The van der Waals surface area contributed by atoms with E-state index < -0.39 is 12.7 Å². The van der Waals surface area contributed by atoms with Crippen LogP contribution in [0.15, 0.2) is 0 Å². The van der Waals surface area contributed by atoms with Crippen LogP contribution < -0.4 is 15.0 Å². The summed E-state index contributed by atoms with van der Waals surface area (Å²) in [6.45, 7) is 1.32. The lowest BCUT2D eigenvalue weighted by Crippen LogP contribution is -2.37. The lowest BCUT2D eigenvalue weighted by atomic mass is 10.4. The second kappa shape index (κ2) is 5.68. The second-order valence-electron chi connectivity index (χ2n) is 4.45. The maximum absolute atomic E-state index is 12.7. The Morgan fingerprint density at radius 1 is 1.30 bits per heavy atom. The monoisotopic (exact) mass is 291 g/mol. The summed E-state index contributed by atoms with van der Waals surface area (Å²) < 4.78 is 42.9. The fourth-order valence-electron chi connectivity index (χ4n) is 1.75. The standard InChI is InChI=1S/C11H16F3N5O/c1-3-15-8-16-9(18-10(17-8)20-2)19(7-4-5-7)6-11(12,13)14/h7H,3-6H2,1-2H3,(H,15,16,17,18). The van der Waals surface area contributed by atoms with E-state index in [4.69, 9.17) is 4.74 Å². The quantitative estimate of drug-likeness (QED) is 0.863. The van der Waals surface area contributed by atoms with Crippen LogP contribution in [0.3, 0.4) is 0 Å². The number of aromatic nitrogens is 3. The molecule has 1 heterocycles. The van der Waals surface area contributed by atoms with Crippen LogP contribution in [0.25, 0.3) is 0 Å². The molecule has 1 aliphatic carbocycles. The zero-order valence-electron chi connectivity index (χ0n) is 11.2. The molecule has 0 atom stereocenters. The summed E-state index contributed by atoms with van der Waals surface area (Å²) in [5, 5.41) is 2.85. The van der Waals surface area contributed by atoms with Crippen molar-refractivity contribution in [2.45, 2.75) is 32.0 Å². The number of methoxy groups -OCH3 is 1. The molecule has 0 spiro atoms. The van der Waals surface area contributed by atoms with Crippen molar-refractivity contribution in [1.82, 2.24) is 15.0 Å². The van der Waals surface area contributed by atoms with E-state index in [0.717, 1.165) is 4.90 Å². The summed E-state index contributed by atoms with van der Waals surface area (Å²) in [5.41, 5.74) is 0. The molecule has 1 aromatic rings. The number of halogens is 3. The summed E-state index contributed by atoms with van der Waals surface area (Å²) in [6.07, 6.45) is -2.89. The number of ether oxygens (including phenoxy) is 1. The van der Waals surface area contributed by atoms with Gasteiger partial charge in [-0.15, -0.1) is 0 Å². The molecule has 2 rings (SSSR count). The number of nitrogens with one attached hydrogen (secondary N) is 1. The molecule has 1 saturated carbocycles. The average molecular weight is 291 g/mol. The molecule has 1 fully saturated rings. The first-order chi connectivity index (χ1) is 9.43. The van der Waals surface area contributed by atoms with E-state index in [1.807, 2.05) is 6.92 Å². The zero-order chi connectivity index (χ0) is 14.8. The van der Waals surface area contributed by atoms with Crippen LogP contribution in [0.4, 0.5) is 25.1 Å². The third-order valence-electron chi connectivity index (χ3n) is 2.71. The third kappa shape index (κ3) is 3.84. The molecule has 0 aliphatic heterocycles. The minimum atomic E-state index is -4.30. The summed E-state index contributed by atoms with van der Waals surface area (Å²) in [4.78, 5) is 13.0.